The van der Waals surface area contributed by atoms with Crippen molar-refractivity contribution in [3.8, 4) is 0 Å². The molecule has 10 heteroatoms. The van der Waals surface area contributed by atoms with Crippen LogP contribution in [0.1, 0.15) is 30.5 Å². The number of amides is 2. The Kier molecular flexibility index (Phi) is 6.59. The van der Waals surface area contributed by atoms with Gasteiger partial charge in [0.15, 0.2) is 0 Å². The highest BCUT2D eigenvalue weighted by Gasteiger charge is 2.31. The van der Waals surface area contributed by atoms with Crippen LogP contribution in [0.3, 0.4) is 0 Å². The Balaban J connectivity index is 1.55. The fourth-order valence-corrected chi connectivity index (χ4v) is 5.50. The number of nitrogens with one attached hydrogen (secondary N) is 1. The van der Waals surface area contributed by atoms with E-state index < -0.39 is 32.7 Å². The Morgan fingerprint density at radius 3 is 2.61 bits per heavy atom. The average Bonchev–Trinajstić information content (AvgIpc) is 2.80. The van der Waals surface area contributed by atoms with Crippen molar-refractivity contribution >= 4 is 33.6 Å². The Morgan fingerprint density at radius 2 is 1.88 bits per heavy atom. The summed E-state index contributed by atoms with van der Waals surface area (Å²) in [6.45, 7) is 2.16. The van der Waals surface area contributed by atoms with E-state index in [0.29, 0.717) is 0 Å². The number of halogens is 1. The summed E-state index contributed by atoms with van der Waals surface area (Å²) in [6.07, 6.45) is 3.41. The van der Waals surface area contributed by atoms with E-state index in [-0.39, 0.29) is 44.3 Å². The molecular weight excluding hydrogens is 449 g/mol. The van der Waals surface area contributed by atoms with Gasteiger partial charge in [0.25, 0.3) is 0 Å². The number of hydrogen-bond acceptors (Lipinski definition) is 5. The molecule has 0 spiro atoms. The zero-order valence-corrected chi connectivity index (χ0v) is 18.8. The first-order valence-electron chi connectivity index (χ1n) is 10.5. The second-order valence-electron chi connectivity index (χ2n) is 7.80. The summed E-state index contributed by atoms with van der Waals surface area (Å²) in [4.78, 5) is 26.0. The Hall–Kier alpha value is -3.08. The second kappa shape index (κ2) is 9.42. The third kappa shape index (κ3) is 4.82. The number of benzene rings is 2. The van der Waals surface area contributed by atoms with Gasteiger partial charge in [0.2, 0.25) is 21.8 Å². The number of carbonyl (C=O) groups is 2. The third-order valence-corrected chi connectivity index (χ3v) is 7.56. The van der Waals surface area contributed by atoms with Crippen LogP contribution in [0.25, 0.3) is 6.08 Å². The standard InChI is InChI=1S/C23H24FN3O5S/c1-16(28)27-9-8-17-4-2-3-5-19(17)21(27)15-23(29)25-18-6-7-20(24)22(14-18)33(30,31)26-10-12-32-13-11-26/h2-9,14,21H,10-13,15H2,1H3,(H,25,29). The molecule has 2 heterocycles. The van der Waals surface area contributed by atoms with Crippen molar-refractivity contribution < 1.29 is 27.1 Å². The fraction of sp³-hybridized carbons (Fsp3) is 0.304. The van der Waals surface area contributed by atoms with Gasteiger partial charge < -0.3 is 15.0 Å². The highest BCUT2D eigenvalue weighted by atomic mass is 32.2. The minimum absolute atomic E-state index is 0.0517. The van der Waals surface area contributed by atoms with Gasteiger partial charge in [0, 0.05) is 31.9 Å². The van der Waals surface area contributed by atoms with Gasteiger partial charge in [0.05, 0.1) is 25.7 Å². The van der Waals surface area contributed by atoms with Crippen LogP contribution in [0.2, 0.25) is 0 Å². The molecule has 2 aliphatic heterocycles. The number of rotatable bonds is 5. The number of nitrogens with zero attached hydrogens (tertiary/aromatic N) is 2. The Bertz CT molecular complexity index is 1210. The molecule has 1 saturated heterocycles. The third-order valence-electron chi connectivity index (χ3n) is 5.65. The monoisotopic (exact) mass is 473 g/mol. The topological polar surface area (TPSA) is 96.0 Å². The van der Waals surface area contributed by atoms with E-state index in [1.165, 1.54) is 17.9 Å². The molecule has 2 amide bonds. The van der Waals surface area contributed by atoms with Gasteiger partial charge in [-0.15, -0.1) is 0 Å². The van der Waals surface area contributed by atoms with E-state index >= 15 is 0 Å². The molecule has 1 atom stereocenters. The van der Waals surface area contributed by atoms with Crippen LogP contribution in [-0.4, -0.2) is 55.7 Å². The van der Waals surface area contributed by atoms with Crippen molar-refractivity contribution in [3.05, 3.63) is 65.6 Å². The maximum atomic E-state index is 14.4. The van der Waals surface area contributed by atoms with Crippen molar-refractivity contribution in [2.75, 3.05) is 31.6 Å². The molecule has 0 saturated carbocycles. The summed E-state index contributed by atoms with van der Waals surface area (Å²) in [5, 5.41) is 2.65. The molecule has 33 heavy (non-hydrogen) atoms. The summed E-state index contributed by atoms with van der Waals surface area (Å²) in [6, 6.07) is 10.4. The van der Waals surface area contributed by atoms with E-state index in [1.807, 2.05) is 30.3 Å². The van der Waals surface area contributed by atoms with Gasteiger partial charge in [-0.25, -0.2) is 12.8 Å². The first-order chi connectivity index (χ1) is 15.8. The summed E-state index contributed by atoms with van der Waals surface area (Å²) >= 11 is 0. The lowest BCUT2D eigenvalue weighted by Gasteiger charge is -2.32. The molecule has 174 valence electrons. The van der Waals surface area contributed by atoms with Crippen LogP contribution >= 0.6 is 0 Å². The average molecular weight is 474 g/mol. The predicted octanol–water partition coefficient (Wildman–Crippen LogP) is 2.75. The van der Waals surface area contributed by atoms with Crippen LogP contribution in [-0.2, 0) is 24.3 Å². The molecule has 2 aromatic rings. The molecule has 4 rings (SSSR count). The number of anilines is 1. The first-order valence-corrected chi connectivity index (χ1v) is 11.9. The van der Waals surface area contributed by atoms with Crippen LogP contribution in [0, 0.1) is 5.82 Å². The summed E-state index contributed by atoms with van der Waals surface area (Å²) in [7, 11) is -4.07. The van der Waals surface area contributed by atoms with Gasteiger partial charge >= 0.3 is 0 Å². The SMILES string of the molecule is CC(=O)N1C=Cc2ccccc2C1CC(=O)Nc1ccc(F)c(S(=O)(=O)N2CCOCC2)c1. The second-order valence-corrected chi connectivity index (χ2v) is 9.71. The lowest BCUT2D eigenvalue weighted by Crippen LogP contribution is -2.40. The minimum Gasteiger partial charge on any atom is -0.379 e. The molecule has 0 aromatic heterocycles. The van der Waals surface area contributed by atoms with Crippen molar-refractivity contribution in [2.45, 2.75) is 24.3 Å². The van der Waals surface area contributed by atoms with E-state index in [2.05, 4.69) is 5.32 Å². The smallest absolute Gasteiger partial charge is 0.246 e. The molecular formula is C23H24FN3O5S. The molecule has 0 bridgehead atoms. The Morgan fingerprint density at radius 1 is 1.15 bits per heavy atom. The number of carbonyl (C=O) groups excluding carboxylic acids is 2. The van der Waals surface area contributed by atoms with Gasteiger partial charge in [-0.2, -0.15) is 4.31 Å². The van der Waals surface area contributed by atoms with Gasteiger partial charge in [-0.3, -0.25) is 9.59 Å². The van der Waals surface area contributed by atoms with E-state index in [1.54, 1.807) is 6.20 Å². The molecule has 1 unspecified atom stereocenters. The highest BCUT2D eigenvalue weighted by Crippen LogP contribution is 2.33. The fourth-order valence-electron chi connectivity index (χ4n) is 4.01. The number of sulfonamides is 1. The first kappa shape index (κ1) is 23.1. The lowest BCUT2D eigenvalue weighted by molar-refractivity contribution is -0.129. The molecule has 2 aromatic carbocycles. The molecule has 8 nitrogen and oxygen atoms in total. The van der Waals surface area contributed by atoms with Crippen molar-refractivity contribution in [3.63, 3.8) is 0 Å². The van der Waals surface area contributed by atoms with Crippen LogP contribution in [0.4, 0.5) is 10.1 Å². The summed E-state index contributed by atoms with van der Waals surface area (Å²) in [5.41, 5.74) is 1.90. The lowest BCUT2D eigenvalue weighted by atomic mass is 9.93. The summed E-state index contributed by atoms with van der Waals surface area (Å²) < 4.78 is 46.5. The quantitative estimate of drug-likeness (QED) is 0.721. The zero-order valence-electron chi connectivity index (χ0n) is 18.0. The highest BCUT2D eigenvalue weighted by molar-refractivity contribution is 7.89. The number of fused-ring (bicyclic) bond motifs is 1. The number of ether oxygens (including phenoxy) is 1. The molecule has 0 radical (unpaired) electrons. The Labute approximate surface area is 191 Å². The van der Waals surface area contributed by atoms with Crippen LogP contribution < -0.4 is 5.32 Å². The van der Waals surface area contributed by atoms with Crippen LogP contribution in [0.5, 0.6) is 0 Å². The van der Waals surface area contributed by atoms with E-state index in [4.69, 9.17) is 4.74 Å². The summed E-state index contributed by atoms with van der Waals surface area (Å²) in [5.74, 6) is -1.54. The van der Waals surface area contributed by atoms with Crippen LogP contribution in [0.15, 0.2) is 53.6 Å². The maximum absolute atomic E-state index is 14.4. The van der Waals surface area contributed by atoms with Crippen molar-refractivity contribution in [1.82, 2.24) is 9.21 Å². The normalized spacial score (nSPS) is 18.6. The van der Waals surface area contributed by atoms with Crippen molar-refractivity contribution in [2.24, 2.45) is 0 Å². The molecule has 0 aliphatic carbocycles. The van der Waals surface area contributed by atoms with E-state index in [0.717, 1.165) is 27.6 Å². The predicted molar refractivity (Wildman–Crippen MR) is 120 cm³/mol. The number of morpholine rings is 1. The minimum atomic E-state index is -4.07. The van der Waals surface area contributed by atoms with Crippen molar-refractivity contribution in [1.29, 1.82) is 0 Å². The van der Waals surface area contributed by atoms with Gasteiger partial charge in [-0.05, 0) is 35.4 Å². The number of hydrogen-bond donors (Lipinski definition) is 1. The largest absolute Gasteiger partial charge is 0.379 e. The zero-order chi connectivity index (χ0) is 23.6. The van der Waals surface area contributed by atoms with E-state index in [9.17, 15) is 22.4 Å². The van der Waals surface area contributed by atoms with Gasteiger partial charge in [-0.1, -0.05) is 24.3 Å². The molecule has 1 fully saturated rings. The molecule has 2 aliphatic rings. The van der Waals surface area contributed by atoms with Gasteiger partial charge in [0.1, 0.15) is 10.7 Å². The molecule has 1 N–H and O–H groups in total. The maximum Gasteiger partial charge on any atom is 0.246 e.